The van der Waals surface area contributed by atoms with E-state index in [0.29, 0.717) is 17.3 Å². The fourth-order valence-corrected chi connectivity index (χ4v) is 1.51. The molecule has 0 saturated heterocycles. The van der Waals surface area contributed by atoms with E-state index in [9.17, 15) is 0 Å². The molecule has 1 rings (SSSR count). The monoisotopic (exact) mass is 239 g/mol. The lowest BCUT2D eigenvalue weighted by Gasteiger charge is -2.22. The number of pyridine rings is 1. The van der Waals surface area contributed by atoms with Crippen molar-refractivity contribution in [3.05, 3.63) is 24.0 Å². The van der Waals surface area contributed by atoms with Gasteiger partial charge < -0.3 is 15.4 Å². The average molecular weight is 239 g/mol. The molecule has 1 heterocycles. The standard InChI is InChI=1S/C11H17N3OS/c1-3-14(6-7-15-2)9-4-5-10(11(12)16)13-8-9/h4-5,8H,3,6-7H2,1-2H3,(H2,12,16). The van der Waals surface area contributed by atoms with E-state index < -0.39 is 0 Å². The fraction of sp³-hybridized carbons (Fsp3) is 0.455. The summed E-state index contributed by atoms with van der Waals surface area (Å²) >= 11 is 4.85. The first kappa shape index (κ1) is 12.9. The van der Waals surface area contributed by atoms with Gasteiger partial charge in [-0.2, -0.15) is 0 Å². The molecule has 0 bridgehead atoms. The summed E-state index contributed by atoms with van der Waals surface area (Å²) in [6, 6.07) is 3.81. The first-order valence-corrected chi connectivity index (χ1v) is 5.59. The van der Waals surface area contributed by atoms with Crippen molar-refractivity contribution >= 4 is 22.9 Å². The average Bonchev–Trinajstić information content (AvgIpc) is 2.30. The van der Waals surface area contributed by atoms with Gasteiger partial charge in [-0.15, -0.1) is 0 Å². The van der Waals surface area contributed by atoms with Crippen LogP contribution in [0, 0.1) is 0 Å². The summed E-state index contributed by atoms with van der Waals surface area (Å²) in [7, 11) is 1.70. The summed E-state index contributed by atoms with van der Waals surface area (Å²) in [6.45, 7) is 4.56. The molecule has 88 valence electrons. The molecule has 0 fully saturated rings. The van der Waals surface area contributed by atoms with E-state index >= 15 is 0 Å². The Bertz CT molecular complexity index is 340. The van der Waals surface area contributed by atoms with Crippen LogP contribution in [0.1, 0.15) is 12.6 Å². The molecule has 0 spiro atoms. The van der Waals surface area contributed by atoms with E-state index in [1.165, 1.54) is 0 Å². The van der Waals surface area contributed by atoms with E-state index in [-0.39, 0.29) is 0 Å². The molecule has 1 aromatic heterocycles. The van der Waals surface area contributed by atoms with Gasteiger partial charge in [0.05, 0.1) is 24.2 Å². The van der Waals surface area contributed by atoms with Crippen molar-refractivity contribution in [2.24, 2.45) is 5.73 Å². The van der Waals surface area contributed by atoms with Gasteiger partial charge in [-0.1, -0.05) is 12.2 Å². The van der Waals surface area contributed by atoms with E-state index in [1.54, 1.807) is 13.3 Å². The summed E-state index contributed by atoms with van der Waals surface area (Å²) in [5.74, 6) is 0. The SMILES string of the molecule is CCN(CCOC)c1ccc(C(N)=S)nc1. The zero-order valence-electron chi connectivity index (χ0n) is 9.64. The number of nitrogens with zero attached hydrogens (tertiary/aromatic N) is 2. The van der Waals surface area contributed by atoms with Gasteiger partial charge in [0.15, 0.2) is 0 Å². The van der Waals surface area contributed by atoms with E-state index in [1.807, 2.05) is 12.1 Å². The quantitative estimate of drug-likeness (QED) is 0.756. The van der Waals surface area contributed by atoms with Crippen LogP contribution in [0.3, 0.4) is 0 Å². The van der Waals surface area contributed by atoms with Crippen LogP contribution in [0.15, 0.2) is 18.3 Å². The molecule has 0 aliphatic carbocycles. The first-order chi connectivity index (χ1) is 7.69. The molecular formula is C11H17N3OS. The van der Waals surface area contributed by atoms with Crippen molar-refractivity contribution in [1.29, 1.82) is 0 Å². The Hall–Kier alpha value is -1.20. The van der Waals surface area contributed by atoms with E-state index in [0.717, 1.165) is 18.8 Å². The van der Waals surface area contributed by atoms with Crippen molar-refractivity contribution in [1.82, 2.24) is 4.98 Å². The highest BCUT2D eigenvalue weighted by molar-refractivity contribution is 7.80. The lowest BCUT2D eigenvalue weighted by atomic mass is 10.3. The van der Waals surface area contributed by atoms with Gasteiger partial charge in [0.25, 0.3) is 0 Å². The van der Waals surface area contributed by atoms with Crippen LogP contribution in [0.2, 0.25) is 0 Å². The second-order valence-corrected chi connectivity index (χ2v) is 3.78. The second-order valence-electron chi connectivity index (χ2n) is 3.34. The number of ether oxygens (including phenoxy) is 1. The Balaban J connectivity index is 2.74. The lowest BCUT2D eigenvalue weighted by molar-refractivity contribution is 0.205. The van der Waals surface area contributed by atoms with Gasteiger partial charge in [0.1, 0.15) is 4.99 Å². The molecule has 0 amide bonds. The molecule has 0 aliphatic rings. The Morgan fingerprint density at radius 3 is 2.75 bits per heavy atom. The van der Waals surface area contributed by atoms with Crippen molar-refractivity contribution in [2.45, 2.75) is 6.92 Å². The molecule has 2 N–H and O–H groups in total. The Labute approximate surface area is 101 Å². The zero-order valence-corrected chi connectivity index (χ0v) is 10.5. The van der Waals surface area contributed by atoms with Gasteiger partial charge in [-0.25, -0.2) is 0 Å². The minimum atomic E-state index is 0.325. The largest absolute Gasteiger partial charge is 0.388 e. The minimum Gasteiger partial charge on any atom is -0.388 e. The number of rotatable bonds is 6. The predicted octanol–water partition coefficient (Wildman–Crippen LogP) is 1.19. The summed E-state index contributed by atoms with van der Waals surface area (Å²) < 4.78 is 5.05. The minimum absolute atomic E-state index is 0.325. The van der Waals surface area contributed by atoms with Crippen LogP contribution < -0.4 is 10.6 Å². The predicted molar refractivity (Wildman–Crippen MR) is 69.9 cm³/mol. The smallest absolute Gasteiger partial charge is 0.122 e. The Morgan fingerprint density at radius 1 is 1.56 bits per heavy atom. The van der Waals surface area contributed by atoms with E-state index in [2.05, 4.69) is 16.8 Å². The Kier molecular flexibility index (Phi) is 5.14. The third-order valence-corrected chi connectivity index (χ3v) is 2.52. The normalized spacial score (nSPS) is 10.1. The van der Waals surface area contributed by atoms with Crippen molar-refractivity contribution in [2.75, 3.05) is 31.7 Å². The number of hydrogen-bond donors (Lipinski definition) is 1. The van der Waals surface area contributed by atoms with Crippen LogP contribution in [0.25, 0.3) is 0 Å². The highest BCUT2D eigenvalue weighted by atomic mass is 32.1. The zero-order chi connectivity index (χ0) is 12.0. The highest BCUT2D eigenvalue weighted by Crippen LogP contribution is 2.12. The Morgan fingerprint density at radius 2 is 2.31 bits per heavy atom. The number of nitrogens with two attached hydrogens (primary N) is 1. The van der Waals surface area contributed by atoms with Gasteiger partial charge in [0.2, 0.25) is 0 Å². The molecule has 16 heavy (non-hydrogen) atoms. The van der Waals surface area contributed by atoms with Crippen LogP contribution in [-0.4, -0.2) is 36.8 Å². The number of likely N-dealkylation sites (N-methyl/N-ethyl adjacent to an activating group) is 1. The molecule has 0 atom stereocenters. The summed E-state index contributed by atoms with van der Waals surface area (Å²) in [5, 5.41) is 0. The van der Waals surface area contributed by atoms with Crippen LogP contribution >= 0.6 is 12.2 Å². The maximum absolute atomic E-state index is 5.49. The van der Waals surface area contributed by atoms with Gasteiger partial charge in [-0.3, -0.25) is 4.98 Å². The molecule has 1 aromatic rings. The van der Waals surface area contributed by atoms with Gasteiger partial charge in [0, 0.05) is 20.2 Å². The van der Waals surface area contributed by atoms with Crippen molar-refractivity contribution in [3.63, 3.8) is 0 Å². The summed E-state index contributed by atoms with van der Waals surface area (Å²) in [4.78, 5) is 6.71. The van der Waals surface area contributed by atoms with Crippen LogP contribution in [0.5, 0.6) is 0 Å². The van der Waals surface area contributed by atoms with E-state index in [4.69, 9.17) is 22.7 Å². The maximum Gasteiger partial charge on any atom is 0.122 e. The first-order valence-electron chi connectivity index (χ1n) is 5.18. The second kappa shape index (κ2) is 6.40. The molecule has 5 heteroatoms. The van der Waals surface area contributed by atoms with Gasteiger partial charge in [-0.05, 0) is 19.1 Å². The van der Waals surface area contributed by atoms with Gasteiger partial charge >= 0.3 is 0 Å². The van der Waals surface area contributed by atoms with Crippen LogP contribution in [-0.2, 0) is 4.74 Å². The number of anilines is 1. The summed E-state index contributed by atoms with van der Waals surface area (Å²) in [5.41, 5.74) is 7.20. The molecule has 0 radical (unpaired) electrons. The third kappa shape index (κ3) is 3.43. The number of methoxy groups -OCH3 is 1. The van der Waals surface area contributed by atoms with Crippen molar-refractivity contribution in [3.8, 4) is 0 Å². The number of aromatic nitrogens is 1. The molecule has 0 saturated carbocycles. The fourth-order valence-electron chi connectivity index (χ4n) is 1.39. The number of thiocarbonyl (C=S) groups is 1. The lowest BCUT2D eigenvalue weighted by Crippen LogP contribution is -2.27. The third-order valence-electron chi connectivity index (χ3n) is 2.31. The topological polar surface area (TPSA) is 51.4 Å². The molecule has 0 aromatic carbocycles. The molecule has 4 nitrogen and oxygen atoms in total. The highest BCUT2D eigenvalue weighted by Gasteiger charge is 2.05. The van der Waals surface area contributed by atoms with Crippen molar-refractivity contribution < 1.29 is 4.74 Å². The van der Waals surface area contributed by atoms with Crippen LogP contribution in [0.4, 0.5) is 5.69 Å². The maximum atomic E-state index is 5.49. The molecular weight excluding hydrogens is 222 g/mol. The number of hydrogen-bond acceptors (Lipinski definition) is 4. The molecule has 0 unspecified atom stereocenters. The summed E-state index contributed by atoms with van der Waals surface area (Å²) in [6.07, 6.45) is 1.79. The molecule has 0 aliphatic heterocycles.